The summed E-state index contributed by atoms with van der Waals surface area (Å²) in [6.45, 7) is 1.42. The first-order chi connectivity index (χ1) is 13.4. The molecule has 1 aromatic heterocycles. The van der Waals surface area contributed by atoms with Crippen LogP contribution in [0.2, 0.25) is 0 Å². The maximum absolute atomic E-state index is 13.8. The van der Waals surface area contributed by atoms with Gasteiger partial charge in [-0.2, -0.15) is 0 Å². The Kier molecular flexibility index (Phi) is 5.63. The Morgan fingerprint density at radius 2 is 1.89 bits per heavy atom. The fraction of sp³-hybridized carbons (Fsp3) is 0.238. The molecule has 0 unspecified atom stereocenters. The van der Waals surface area contributed by atoms with Crippen LogP contribution in [0.4, 0.5) is 4.39 Å². The largest absolute Gasteiger partial charge is 0.497 e. The number of H-pyrrole nitrogens is 1. The van der Waals surface area contributed by atoms with Crippen molar-refractivity contribution in [2.75, 3.05) is 7.11 Å². The number of amides is 1. The molecular formula is C21H21FN2O4. The van der Waals surface area contributed by atoms with Gasteiger partial charge in [0.1, 0.15) is 11.6 Å². The number of nitrogens with two attached hydrogens (primary N) is 1. The lowest BCUT2D eigenvalue weighted by atomic mass is 10.0. The number of carbonyl (C=O) groups excluding carboxylic acids is 2. The SMILES string of the molecule is COc1ccc(-c2[nH]c3ccc(F)cc3c2CCC(=O)O[C@H](C)C(N)=O)cc1. The Bertz CT molecular complexity index is 1010. The van der Waals surface area contributed by atoms with Crippen LogP contribution in [0.3, 0.4) is 0 Å². The average molecular weight is 384 g/mol. The normalized spacial score (nSPS) is 12.0. The minimum absolute atomic E-state index is 0.0320. The third-order valence-corrected chi connectivity index (χ3v) is 4.53. The van der Waals surface area contributed by atoms with Crippen LogP contribution in [0.1, 0.15) is 18.9 Å². The zero-order valence-electron chi connectivity index (χ0n) is 15.6. The quantitative estimate of drug-likeness (QED) is 0.611. The van der Waals surface area contributed by atoms with Crippen molar-refractivity contribution < 1.29 is 23.5 Å². The number of benzene rings is 2. The van der Waals surface area contributed by atoms with Gasteiger partial charge in [0.2, 0.25) is 0 Å². The van der Waals surface area contributed by atoms with Crippen molar-refractivity contribution in [3.63, 3.8) is 0 Å². The molecule has 0 aliphatic rings. The van der Waals surface area contributed by atoms with E-state index < -0.39 is 18.0 Å². The van der Waals surface area contributed by atoms with E-state index in [1.54, 1.807) is 13.2 Å². The maximum atomic E-state index is 13.8. The van der Waals surface area contributed by atoms with Crippen LogP contribution >= 0.6 is 0 Å². The highest BCUT2D eigenvalue weighted by Gasteiger charge is 2.18. The summed E-state index contributed by atoms with van der Waals surface area (Å²) < 4.78 is 24.0. The number of hydrogen-bond donors (Lipinski definition) is 2. The van der Waals surface area contributed by atoms with Gasteiger partial charge in [0.05, 0.1) is 7.11 Å². The molecule has 0 spiro atoms. The van der Waals surface area contributed by atoms with Gasteiger partial charge in [0.15, 0.2) is 6.10 Å². The third kappa shape index (κ3) is 4.14. The molecule has 0 aliphatic carbocycles. The van der Waals surface area contributed by atoms with Crippen molar-refractivity contribution in [2.45, 2.75) is 25.9 Å². The molecule has 0 radical (unpaired) electrons. The standard InChI is InChI=1S/C21H21FN2O4/c1-12(21(23)26)28-19(25)10-8-16-17-11-14(22)5-9-18(17)24-20(16)13-3-6-15(27-2)7-4-13/h3-7,9,11-12,24H,8,10H2,1-2H3,(H2,23,26)/t12-/m1/s1. The fourth-order valence-electron chi connectivity index (χ4n) is 3.02. The van der Waals surface area contributed by atoms with Gasteiger partial charge in [-0.05, 0) is 66.9 Å². The second kappa shape index (κ2) is 8.12. The van der Waals surface area contributed by atoms with Crippen LogP contribution in [-0.4, -0.2) is 30.1 Å². The number of rotatable bonds is 7. The molecular weight excluding hydrogens is 363 g/mol. The minimum Gasteiger partial charge on any atom is -0.497 e. The summed E-state index contributed by atoms with van der Waals surface area (Å²) in [5.41, 5.74) is 8.35. The van der Waals surface area contributed by atoms with Crippen LogP contribution < -0.4 is 10.5 Å². The zero-order valence-corrected chi connectivity index (χ0v) is 15.6. The molecule has 3 aromatic rings. The van der Waals surface area contributed by atoms with Gasteiger partial charge in [-0.25, -0.2) is 4.39 Å². The summed E-state index contributed by atoms with van der Waals surface area (Å²) in [6, 6.07) is 11.9. The predicted molar refractivity (Wildman–Crippen MR) is 103 cm³/mol. The lowest BCUT2D eigenvalue weighted by Crippen LogP contribution is -2.30. The highest BCUT2D eigenvalue weighted by molar-refractivity contribution is 5.91. The summed E-state index contributed by atoms with van der Waals surface area (Å²) in [6.07, 6.45) is -0.645. The minimum atomic E-state index is -0.992. The van der Waals surface area contributed by atoms with Crippen molar-refractivity contribution in [1.29, 1.82) is 0 Å². The number of carbonyl (C=O) groups is 2. The lowest BCUT2D eigenvalue weighted by Gasteiger charge is -2.10. The Balaban J connectivity index is 1.93. The zero-order chi connectivity index (χ0) is 20.3. The Morgan fingerprint density at radius 3 is 2.54 bits per heavy atom. The number of methoxy groups -OCH3 is 1. The molecule has 146 valence electrons. The van der Waals surface area contributed by atoms with Crippen LogP contribution in [0.15, 0.2) is 42.5 Å². The van der Waals surface area contributed by atoms with Crippen LogP contribution in [0.25, 0.3) is 22.2 Å². The highest BCUT2D eigenvalue weighted by atomic mass is 19.1. The van der Waals surface area contributed by atoms with E-state index in [2.05, 4.69) is 4.98 Å². The van der Waals surface area contributed by atoms with Crippen molar-refractivity contribution in [1.82, 2.24) is 4.98 Å². The molecule has 0 saturated carbocycles. The highest BCUT2D eigenvalue weighted by Crippen LogP contribution is 2.32. The van der Waals surface area contributed by atoms with E-state index >= 15 is 0 Å². The summed E-state index contributed by atoms with van der Waals surface area (Å²) in [7, 11) is 1.59. The van der Waals surface area contributed by atoms with Crippen molar-refractivity contribution in [2.24, 2.45) is 5.73 Å². The van der Waals surface area contributed by atoms with Gasteiger partial charge in [-0.3, -0.25) is 9.59 Å². The molecule has 1 heterocycles. The van der Waals surface area contributed by atoms with Crippen LogP contribution in [0, 0.1) is 5.82 Å². The monoisotopic (exact) mass is 384 g/mol. The molecule has 0 fully saturated rings. The van der Waals surface area contributed by atoms with Gasteiger partial charge in [0, 0.05) is 23.0 Å². The van der Waals surface area contributed by atoms with E-state index in [4.69, 9.17) is 15.2 Å². The first-order valence-corrected chi connectivity index (χ1v) is 8.82. The molecule has 0 bridgehead atoms. The molecule has 28 heavy (non-hydrogen) atoms. The van der Waals surface area contributed by atoms with Crippen molar-refractivity contribution >= 4 is 22.8 Å². The Morgan fingerprint density at radius 1 is 1.18 bits per heavy atom. The number of esters is 1. The molecule has 1 atom stereocenters. The third-order valence-electron chi connectivity index (χ3n) is 4.53. The van der Waals surface area contributed by atoms with E-state index in [0.29, 0.717) is 11.8 Å². The first kappa shape index (κ1) is 19.4. The number of aromatic nitrogens is 1. The fourth-order valence-corrected chi connectivity index (χ4v) is 3.02. The van der Waals surface area contributed by atoms with Crippen LogP contribution in [0.5, 0.6) is 5.75 Å². The summed E-state index contributed by atoms with van der Waals surface area (Å²) in [5.74, 6) is -0.894. The summed E-state index contributed by atoms with van der Waals surface area (Å²) in [4.78, 5) is 26.4. The molecule has 6 nitrogen and oxygen atoms in total. The summed E-state index contributed by atoms with van der Waals surface area (Å²) in [5, 5.41) is 0.696. The van der Waals surface area contributed by atoms with Gasteiger partial charge in [-0.1, -0.05) is 0 Å². The number of nitrogens with one attached hydrogen (secondary N) is 1. The second-order valence-electron chi connectivity index (χ2n) is 6.43. The molecule has 3 rings (SSSR count). The number of hydrogen-bond acceptors (Lipinski definition) is 4. The number of ether oxygens (including phenoxy) is 2. The molecule has 1 amide bonds. The van der Waals surface area contributed by atoms with Crippen molar-refractivity contribution in [3.8, 4) is 17.0 Å². The Labute approximate surface area is 161 Å². The van der Waals surface area contributed by atoms with Gasteiger partial charge < -0.3 is 20.2 Å². The van der Waals surface area contributed by atoms with Gasteiger partial charge in [-0.15, -0.1) is 0 Å². The van der Waals surface area contributed by atoms with E-state index in [9.17, 15) is 14.0 Å². The van der Waals surface area contributed by atoms with Gasteiger partial charge in [0.25, 0.3) is 5.91 Å². The molecule has 2 aromatic carbocycles. The van der Waals surface area contributed by atoms with E-state index in [-0.39, 0.29) is 12.2 Å². The molecule has 0 aliphatic heterocycles. The molecule has 3 N–H and O–H groups in total. The van der Waals surface area contributed by atoms with E-state index in [1.807, 2.05) is 24.3 Å². The average Bonchev–Trinajstić information content (AvgIpc) is 3.04. The topological polar surface area (TPSA) is 94.4 Å². The smallest absolute Gasteiger partial charge is 0.306 e. The molecule has 0 saturated heterocycles. The van der Waals surface area contributed by atoms with Crippen molar-refractivity contribution in [3.05, 3.63) is 53.8 Å². The predicted octanol–water partition coefficient (Wildman–Crippen LogP) is 3.33. The first-order valence-electron chi connectivity index (χ1n) is 8.82. The number of primary amides is 1. The van der Waals surface area contributed by atoms with E-state index in [0.717, 1.165) is 28.1 Å². The number of aryl methyl sites for hydroxylation is 1. The number of aromatic amines is 1. The maximum Gasteiger partial charge on any atom is 0.306 e. The number of halogens is 1. The lowest BCUT2D eigenvalue weighted by molar-refractivity contribution is -0.153. The van der Waals surface area contributed by atoms with E-state index in [1.165, 1.54) is 19.1 Å². The van der Waals surface area contributed by atoms with Gasteiger partial charge >= 0.3 is 5.97 Å². The number of fused-ring (bicyclic) bond motifs is 1. The van der Waals surface area contributed by atoms with Crippen LogP contribution in [-0.2, 0) is 20.7 Å². The summed E-state index contributed by atoms with van der Waals surface area (Å²) >= 11 is 0. The second-order valence-corrected chi connectivity index (χ2v) is 6.43. The Hall–Kier alpha value is -3.35. The molecule has 7 heteroatoms.